The number of anilines is 1. The lowest BCUT2D eigenvalue weighted by atomic mass is 10.1. The van der Waals surface area contributed by atoms with E-state index >= 15 is 0 Å². The maximum atomic E-state index is 12.4. The fourth-order valence-corrected chi connectivity index (χ4v) is 3.96. The van der Waals surface area contributed by atoms with Crippen molar-refractivity contribution in [3.8, 4) is 0 Å². The Kier molecular flexibility index (Phi) is 6.44. The standard InChI is InChI=1S/C23H25ClN4O3/c1-16-19-15-17(24)7-8-20(19)31-22(16)23(30)26-25-21(29)9-10-27-11-13-28(14-12-27)18-5-3-2-4-6-18/h2-8,15H,9-14H2,1H3,(H,25,29)(H,26,30). The first kappa shape index (κ1) is 21.2. The summed E-state index contributed by atoms with van der Waals surface area (Å²) < 4.78 is 5.61. The van der Waals surface area contributed by atoms with E-state index in [0.29, 0.717) is 29.1 Å². The van der Waals surface area contributed by atoms with E-state index in [9.17, 15) is 9.59 Å². The van der Waals surface area contributed by atoms with E-state index in [1.54, 1.807) is 25.1 Å². The number of fused-ring (bicyclic) bond motifs is 1. The third-order valence-electron chi connectivity index (χ3n) is 5.57. The van der Waals surface area contributed by atoms with Crippen molar-refractivity contribution >= 4 is 40.1 Å². The minimum atomic E-state index is -0.491. The van der Waals surface area contributed by atoms with Crippen LogP contribution in [0, 0.1) is 6.92 Å². The Morgan fingerprint density at radius 2 is 1.77 bits per heavy atom. The number of nitrogens with one attached hydrogen (secondary N) is 2. The molecule has 1 fully saturated rings. The number of halogens is 1. The van der Waals surface area contributed by atoms with Crippen LogP contribution in [0.15, 0.2) is 52.9 Å². The number of hydrogen-bond donors (Lipinski definition) is 2. The molecule has 2 aromatic carbocycles. The van der Waals surface area contributed by atoms with Gasteiger partial charge in [-0.3, -0.25) is 25.3 Å². The number of furan rings is 1. The largest absolute Gasteiger partial charge is 0.451 e. The molecule has 8 heteroatoms. The summed E-state index contributed by atoms with van der Waals surface area (Å²) in [6.07, 6.45) is 0.306. The van der Waals surface area contributed by atoms with Crippen LogP contribution in [0.4, 0.5) is 5.69 Å². The second-order valence-electron chi connectivity index (χ2n) is 7.61. The van der Waals surface area contributed by atoms with Gasteiger partial charge >= 0.3 is 5.91 Å². The molecule has 0 radical (unpaired) electrons. The number of benzene rings is 2. The number of hydrazine groups is 1. The molecule has 3 aromatic rings. The Bertz CT molecular complexity index is 1080. The third kappa shape index (κ3) is 5.00. The van der Waals surface area contributed by atoms with Crippen molar-refractivity contribution in [3.63, 3.8) is 0 Å². The molecule has 2 heterocycles. The summed E-state index contributed by atoms with van der Waals surface area (Å²) in [7, 11) is 0. The second-order valence-corrected chi connectivity index (χ2v) is 8.05. The van der Waals surface area contributed by atoms with E-state index in [2.05, 4.69) is 32.8 Å². The summed E-state index contributed by atoms with van der Waals surface area (Å²) in [6, 6.07) is 15.5. The molecule has 0 bridgehead atoms. The number of hydrogen-bond acceptors (Lipinski definition) is 5. The van der Waals surface area contributed by atoms with Crippen LogP contribution in [0.1, 0.15) is 22.5 Å². The van der Waals surface area contributed by atoms with Gasteiger partial charge in [0.15, 0.2) is 5.76 Å². The second kappa shape index (κ2) is 9.41. The molecule has 1 aromatic heterocycles. The highest BCUT2D eigenvalue weighted by molar-refractivity contribution is 6.31. The topological polar surface area (TPSA) is 77.8 Å². The Labute approximate surface area is 185 Å². The Balaban J connectivity index is 1.22. The number of amides is 2. The van der Waals surface area contributed by atoms with Crippen molar-refractivity contribution in [1.82, 2.24) is 15.8 Å². The Morgan fingerprint density at radius 3 is 2.52 bits per heavy atom. The van der Waals surface area contributed by atoms with Gasteiger partial charge in [-0.25, -0.2) is 0 Å². The average Bonchev–Trinajstić information content (AvgIpc) is 3.13. The zero-order valence-electron chi connectivity index (χ0n) is 17.4. The van der Waals surface area contributed by atoms with Gasteiger partial charge in [-0.1, -0.05) is 29.8 Å². The normalized spacial score (nSPS) is 14.6. The van der Waals surface area contributed by atoms with Crippen molar-refractivity contribution in [2.75, 3.05) is 37.6 Å². The molecular formula is C23H25ClN4O3. The fraction of sp³-hybridized carbons (Fsp3) is 0.304. The van der Waals surface area contributed by atoms with E-state index in [0.717, 1.165) is 31.6 Å². The van der Waals surface area contributed by atoms with E-state index in [1.165, 1.54) is 5.69 Å². The molecule has 0 atom stereocenters. The Morgan fingerprint density at radius 1 is 1.03 bits per heavy atom. The van der Waals surface area contributed by atoms with Gasteiger partial charge in [0.2, 0.25) is 5.91 Å². The van der Waals surface area contributed by atoms with E-state index < -0.39 is 5.91 Å². The molecule has 2 amide bonds. The van der Waals surface area contributed by atoms with Crippen LogP contribution in [0.5, 0.6) is 0 Å². The first-order chi connectivity index (χ1) is 15.0. The van der Waals surface area contributed by atoms with Crippen LogP contribution in [-0.2, 0) is 4.79 Å². The van der Waals surface area contributed by atoms with Crippen molar-refractivity contribution < 1.29 is 14.0 Å². The summed E-state index contributed by atoms with van der Waals surface area (Å²) in [5, 5.41) is 1.35. The van der Waals surface area contributed by atoms with Crippen molar-refractivity contribution in [3.05, 3.63) is 64.9 Å². The van der Waals surface area contributed by atoms with Gasteiger partial charge in [0.05, 0.1) is 0 Å². The number of carbonyl (C=O) groups is 2. The van der Waals surface area contributed by atoms with Gasteiger partial charge in [0.1, 0.15) is 5.58 Å². The molecule has 0 spiro atoms. The molecular weight excluding hydrogens is 416 g/mol. The van der Waals surface area contributed by atoms with Crippen LogP contribution >= 0.6 is 11.6 Å². The van der Waals surface area contributed by atoms with Crippen molar-refractivity contribution in [2.45, 2.75) is 13.3 Å². The first-order valence-corrected chi connectivity index (χ1v) is 10.7. The quantitative estimate of drug-likeness (QED) is 0.595. The lowest BCUT2D eigenvalue weighted by Crippen LogP contribution is -2.48. The minimum Gasteiger partial charge on any atom is -0.451 e. The summed E-state index contributed by atoms with van der Waals surface area (Å²) in [4.78, 5) is 29.2. The van der Waals surface area contributed by atoms with Crippen LogP contribution in [0.3, 0.4) is 0 Å². The maximum Gasteiger partial charge on any atom is 0.305 e. The highest BCUT2D eigenvalue weighted by Crippen LogP contribution is 2.27. The number of nitrogens with zero attached hydrogens (tertiary/aromatic N) is 2. The SMILES string of the molecule is Cc1c(C(=O)NNC(=O)CCN2CCN(c3ccccc3)CC2)oc2ccc(Cl)cc12. The van der Waals surface area contributed by atoms with Crippen molar-refractivity contribution in [1.29, 1.82) is 0 Å². The fourth-order valence-electron chi connectivity index (χ4n) is 3.78. The molecule has 1 aliphatic heterocycles. The number of para-hydroxylation sites is 1. The maximum absolute atomic E-state index is 12.4. The third-order valence-corrected chi connectivity index (χ3v) is 5.80. The zero-order chi connectivity index (χ0) is 21.8. The van der Waals surface area contributed by atoms with Gasteiger partial charge in [-0.15, -0.1) is 0 Å². The lowest BCUT2D eigenvalue weighted by molar-refractivity contribution is -0.122. The summed E-state index contributed by atoms with van der Waals surface area (Å²) in [6.45, 7) is 6.08. The zero-order valence-corrected chi connectivity index (χ0v) is 18.1. The van der Waals surface area contributed by atoms with Gasteiger partial charge in [0, 0.05) is 60.8 Å². The van der Waals surface area contributed by atoms with Gasteiger partial charge in [-0.05, 0) is 37.3 Å². The predicted molar refractivity (Wildman–Crippen MR) is 121 cm³/mol. The number of aryl methyl sites for hydroxylation is 1. The van der Waals surface area contributed by atoms with Crippen molar-refractivity contribution in [2.24, 2.45) is 0 Å². The predicted octanol–water partition coefficient (Wildman–Crippen LogP) is 3.37. The molecule has 31 heavy (non-hydrogen) atoms. The smallest absolute Gasteiger partial charge is 0.305 e. The molecule has 1 saturated heterocycles. The van der Waals surface area contributed by atoms with Crippen LogP contribution < -0.4 is 15.8 Å². The average molecular weight is 441 g/mol. The highest BCUT2D eigenvalue weighted by Gasteiger charge is 2.20. The van der Waals surface area contributed by atoms with E-state index in [-0.39, 0.29) is 11.7 Å². The number of carbonyl (C=O) groups excluding carboxylic acids is 2. The van der Waals surface area contributed by atoms with Gasteiger partial charge < -0.3 is 9.32 Å². The monoisotopic (exact) mass is 440 g/mol. The van der Waals surface area contributed by atoms with Gasteiger partial charge in [0.25, 0.3) is 0 Å². The van der Waals surface area contributed by atoms with Gasteiger partial charge in [-0.2, -0.15) is 0 Å². The Hall–Kier alpha value is -3.03. The molecule has 162 valence electrons. The molecule has 1 aliphatic rings. The first-order valence-electron chi connectivity index (χ1n) is 10.3. The number of rotatable bonds is 5. The van der Waals surface area contributed by atoms with Crippen LogP contribution in [-0.4, -0.2) is 49.4 Å². The van der Waals surface area contributed by atoms with E-state index in [1.807, 2.05) is 18.2 Å². The summed E-state index contributed by atoms with van der Waals surface area (Å²) in [5.74, 6) is -0.570. The van der Waals surface area contributed by atoms with Crippen LogP contribution in [0.25, 0.3) is 11.0 Å². The molecule has 0 aliphatic carbocycles. The summed E-state index contributed by atoms with van der Waals surface area (Å²) >= 11 is 6.01. The lowest BCUT2D eigenvalue weighted by Gasteiger charge is -2.36. The molecule has 0 unspecified atom stereocenters. The minimum absolute atomic E-state index is 0.162. The molecule has 7 nitrogen and oxygen atoms in total. The summed E-state index contributed by atoms with van der Waals surface area (Å²) in [5.41, 5.74) is 7.40. The molecule has 0 saturated carbocycles. The molecule has 2 N–H and O–H groups in total. The van der Waals surface area contributed by atoms with E-state index in [4.69, 9.17) is 16.0 Å². The number of piperazine rings is 1. The van der Waals surface area contributed by atoms with Crippen LogP contribution in [0.2, 0.25) is 5.02 Å². The highest BCUT2D eigenvalue weighted by atomic mass is 35.5. The molecule has 4 rings (SSSR count).